The number of aromatic nitrogens is 1. The minimum atomic E-state index is -0.454. The maximum Gasteiger partial charge on any atom is 0.235 e. The molecule has 0 atom stereocenters. The number of hydrogen-bond acceptors (Lipinski definition) is 3. The maximum absolute atomic E-state index is 13.0. The van der Waals surface area contributed by atoms with Crippen LogP contribution < -0.4 is 14.8 Å². The fourth-order valence-corrected chi connectivity index (χ4v) is 3.56. The van der Waals surface area contributed by atoms with Crippen molar-refractivity contribution in [3.63, 3.8) is 0 Å². The van der Waals surface area contributed by atoms with E-state index in [0.717, 1.165) is 46.5 Å². The van der Waals surface area contributed by atoms with Crippen LogP contribution in [0.4, 0.5) is 5.69 Å². The zero-order valence-corrected chi connectivity index (χ0v) is 13.9. The van der Waals surface area contributed by atoms with Crippen LogP contribution >= 0.6 is 0 Å². The second-order valence-electron chi connectivity index (χ2n) is 6.80. The number of ether oxygens (including phenoxy) is 2. The summed E-state index contributed by atoms with van der Waals surface area (Å²) in [5, 5.41) is 4.26. The normalized spacial score (nSPS) is 16.8. The SMILES string of the molecule is Cn1ccc2ccc(NC(=O)C3(c4ccc5c(c4)OCO5)CC3)cc21. The average molecular weight is 334 g/mol. The molecule has 25 heavy (non-hydrogen) atoms. The van der Waals surface area contributed by atoms with Crippen LogP contribution in [0.5, 0.6) is 11.5 Å². The second-order valence-corrected chi connectivity index (χ2v) is 6.80. The van der Waals surface area contributed by atoms with Gasteiger partial charge in [0.25, 0.3) is 0 Å². The number of benzene rings is 2. The van der Waals surface area contributed by atoms with Gasteiger partial charge in [-0.1, -0.05) is 12.1 Å². The highest BCUT2D eigenvalue weighted by molar-refractivity contribution is 6.02. The molecule has 5 nitrogen and oxygen atoms in total. The van der Waals surface area contributed by atoms with E-state index >= 15 is 0 Å². The molecule has 2 aromatic carbocycles. The zero-order valence-electron chi connectivity index (χ0n) is 13.9. The lowest BCUT2D eigenvalue weighted by Crippen LogP contribution is -2.27. The third-order valence-corrected chi connectivity index (χ3v) is 5.26. The summed E-state index contributed by atoms with van der Waals surface area (Å²) in [4.78, 5) is 13.0. The van der Waals surface area contributed by atoms with Gasteiger partial charge >= 0.3 is 0 Å². The summed E-state index contributed by atoms with van der Waals surface area (Å²) in [5.74, 6) is 1.51. The minimum absolute atomic E-state index is 0.0416. The van der Waals surface area contributed by atoms with Gasteiger partial charge in [0.1, 0.15) is 0 Å². The number of anilines is 1. The van der Waals surface area contributed by atoms with E-state index in [-0.39, 0.29) is 12.7 Å². The summed E-state index contributed by atoms with van der Waals surface area (Å²) in [6.07, 6.45) is 3.72. The summed E-state index contributed by atoms with van der Waals surface area (Å²) in [6, 6.07) is 13.9. The molecule has 1 aliphatic heterocycles. The molecule has 2 aliphatic rings. The molecule has 1 aromatic heterocycles. The molecular weight excluding hydrogens is 316 g/mol. The molecule has 126 valence electrons. The molecule has 5 heteroatoms. The second kappa shape index (κ2) is 5.02. The van der Waals surface area contributed by atoms with Crippen LogP contribution in [0.2, 0.25) is 0 Å². The molecule has 0 saturated heterocycles. The van der Waals surface area contributed by atoms with Crippen molar-refractivity contribution >= 4 is 22.5 Å². The van der Waals surface area contributed by atoms with E-state index in [4.69, 9.17) is 9.47 Å². The van der Waals surface area contributed by atoms with Crippen molar-refractivity contribution in [2.75, 3.05) is 12.1 Å². The van der Waals surface area contributed by atoms with E-state index in [1.807, 2.05) is 49.6 Å². The Hall–Kier alpha value is -2.95. The lowest BCUT2D eigenvalue weighted by atomic mass is 9.94. The highest BCUT2D eigenvalue weighted by atomic mass is 16.7. The summed E-state index contributed by atoms with van der Waals surface area (Å²) < 4.78 is 12.9. The van der Waals surface area contributed by atoms with Crippen LogP contribution in [0.15, 0.2) is 48.7 Å². The van der Waals surface area contributed by atoms with Crippen molar-refractivity contribution in [2.24, 2.45) is 7.05 Å². The number of carbonyl (C=O) groups excluding carboxylic acids is 1. The Labute approximate surface area is 145 Å². The average Bonchev–Trinajstić information content (AvgIpc) is 3.17. The van der Waals surface area contributed by atoms with Crippen molar-refractivity contribution in [2.45, 2.75) is 18.3 Å². The number of hydrogen-bond donors (Lipinski definition) is 1. The smallest absolute Gasteiger partial charge is 0.235 e. The molecule has 1 aliphatic carbocycles. The zero-order chi connectivity index (χ0) is 17.0. The summed E-state index contributed by atoms with van der Waals surface area (Å²) in [5.41, 5.74) is 2.47. The summed E-state index contributed by atoms with van der Waals surface area (Å²) in [6.45, 7) is 0.245. The van der Waals surface area contributed by atoms with Crippen molar-refractivity contribution in [3.05, 3.63) is 54.2 Å². The van der Waals surface area contributed by atoms with E-state index in [1.54, 1.807) is 0 Å². The Morgan fingerprint density at radius 2 is 1.92 bits per heavy atom. The van der Waals surface area contributed by atoms with Crippen molar-refractivity contribution in [1.82, 2.24) is 4.57 Å². The van der Waals surface area contributed by atoms with Gasteiger partial charge in [-0.3, -0.25) is 4.79 Å². The molecule has 0 unspecified atom stereocenters. The fourth-order valence-electron chi connectivity index (χ4n) is 3.56. The van der Waals surface area contributed by atoms with Crippen LogP contribution in [0, 0.1) is 0 Å². The van der Waals surface area contributed by atoms with E-state index in [1.165, 1.54) is 0 Å². The van der Waals surface area contributed by atoms with Gasteiger partial charge in [-0.15, -0.1) is 0 Å². The first-order valence-electron chi connectivity index (χ1n) is 8.42. The Bertz CT molecular complexity index is 1000. The largest absolute Gasteiger partial charge is 0.454 e. The monoisotopic (exact) mass is 334 g/mol. The Balaban J connectivity index is 1.44. The molecular formula is C20H18N2O3. The molecule has 1 N–H and O–H groups in total. The predicted octanol–water partition coefficient (Wildman–Crippen LogP) is 3.58. The van der Waals surface area contributed by atoms with E-state index in [2.05, 4.69) is 16.0 Å². The van der Waals surface area contributed by atoms with Gasteiger partial charge in [0.2, 0.25) is 12.7 Å². The van der Waals surface area contributed by atoms with Crippen LogP contribution in [0.3, 0.4) is 0 Å². The molecule has 1 amide bonds. The van der Waals surface area contributed by atoms with Crippen molar-refractivity contribution < 1.29 is 14.3 Å². The molecule has 2 heterocycles. The van der Waals surface area contributed by atoms with Crippen LogP contribution in [-0.4, -0.2) is 17.3 Å². The molecule has 1 saturated carbocycles. The quantitative estimate of drug-likeness (QED) is 0.796. The van der Waals surface area contributed by atoms with Gasteiger partial charge in [0.15, 0.2) is 11.5 Å². The van der Waals surface area contributed by atoms with Gasteiger partial charge < -0.3 is 19.4 Å². The van der Waals surface area contributed by atoms with Gasteiger partial charge in [-0.25, -0.2) is 0 Å². The Morgan fingerprint density at radius 3 is 2.76 bits per heavy atom. The molecule has 0 bridgehead atoms. The molecule has 1 fully saturated rings. The van der Waals surface area contributed by atoms with E-state index < -0.39 is 5.41 Å². The third kappa shape index (κ3) is 2.19. The van der Waals surface area contributed by atoms with Gasteiger partial charge in [-0.05, 0) is 54.1 Å². The lowest BCUT2D eigenvalue weighted by molar-refractivity contribution is -0.118. The van der Waals surface area contributed by atoms with Crippen molar-refractivity contribution in [1.29, 1.82) is 0 Å². The van der Waals surface area contributed by atoms with Gasteiger partial charge in [-0.2, -0.15) is 0 Å². The summed E-state index contributed by atoms with van der Waals surface area (Å²) in [7, 11) is 2.00. The first-order chi connectivity index (χ1) is 12.2. The maximum atomic E-state index is 13.0. The minimum Gasteiger partial charge on any atom is -0.454 e. The van der Waals surface area contributed by atoms with Gasteiger partial charge in [0.05, 0.1) is 5.41 Å². The molecule has 0 spiro atoms. The topological polar surface area (TPSA) is 52.5 Å². The lowest BCUT2D eigenvalue weighted by Gasteiger charge is -2.16. The Kier molecular flexibility index (Phi) is 2.89. The standard InChI is InChI=1S/C20H18N2O3/c1-22-9-6-13-2-4-15(11-16(13)22)21-19(23)20(7-8-20)14-3-5-17-18(10-14)25-12-24-17/h2-6,9-11H,7-8,12H2,1H3,(H,21,23). The van der Waals surface area contributed by atoms with Crippen LogP contribution in [0.1, 0.15) is 18.4 Å². The van der Waals surface area contributed by atoms with Gasteiger partial charge in [0, 0.05) is 24.4 Å². The van der Waals surface area contributed by atoms with Crippen LogP contribution in [0.25, 0.3) is 10.9 Å². The highest BCUT2D eigenvalue weighted by Gasteiger charge is 2.51. The fraction of sp³-hybridized carbons (Fsp3) is 0.250. The molecule has 0 radical (unpaired) electrons. The third-order valence-electron chi connectivity index (χ3n) is 5.26. The summed E-state index contributed by atoms with van der Waals surface area (Å²) >= 11 is 0. The van der Waals surface area contributed by atoms with E-state index in [0.29, 0.717) is 0 Å². The number of nitrogens with zero attached hydrogens (tertiary/aromatic N) is 1. The molecule has 3 aromatic rings. The molecule has 5 rings (SSSR count). The highest BCUT2D eigenvalue weighted by Crippen LogP contribution is 2.51. The first kappa shape index (κ1) is 14.4. The number of amides is 1. The predicted molar refractivity (Wildman–Crippen MR) is 95.0 cm³/mol. The number of aryl methyl sites for hydroxylation is 1. The Morgan fingerprint density at radius 1 is 1.08 bits per heavy atom. The van der Waals surface area contributed by atoms with Crippen LogP contribution in [-0.2, 0) is 17.3 Å². The number of rotatable bonds is 3. The number of carbonyl (C=O) groups is 1. The first-order valence-corrected chi connectivity index (χ1v) is 8.42. The van der Waals surface area contributed by atoms with E-state index in [9.17, 15) is 4.79 Å². The number of fused-ring (bicyclic) bond motifs is 2. The van der Waals surface area contributed by atoms with Crippen molar-refractivity contribution in [3.8, 4) is 11.5 Å². The number of nitrogens with one attached hydrogen (secondary N) is 1.